The van der Waals surface area contributed by atoms with Crippen molar-refractivity contribution in [2.45, 2.75) is 51.7 Å². The summed E-state index contributed by atoms with van der Waals surface area (Å²) in [5.41, 5.74) is 1.42. The largest absolute Gasteiger partial charge is 0.491 e. The normalized spacial score (nSPS) is 16.3. The van der Waals surface area contributed by atoms with Crippen LogP contribution >= 0.6 is 11.6 Å². The predicted molar refractivity (Wildman–Crippen MR) is 88.0 cm³/mol. The summed E-state index contributed by atoms with van der Waals surface area (Å²) < 4.78 is 5.73. The summed E-state index contributed by atoms with van der Waals surface area (Å²) >= 11 is 6.14. The first kappa shape index (κ1) is 17.3. The third kappa shape index (κ3) is 4.45. The average Bonchev–Trinajstić information content (AvgIpc) is 2.44. The number of Topliss-reactive ketones (excluding diaryl/α,β-unsaturated/α-hetero) is 1. The van der Waals surface area contributed by atoms with Crippen molar-refractivity contribution in [3.05, 3.63) is 28.3 Å². The van der Waals surface area contributed by atoms with Crippen LogP contribution in [-0.2, 0) is 6.42 Å². The van der Waals surface area contributed by atoms with Crippen molar-refractivity contribution < 1.29 is 14.6 Å². The second kappa shape index (κ2) is 6.99. The summed E-state index contributed by atoms with van der Waals surface area (Å²) in [5, 5.41) is 13.7. The van der Waals surface area contributed by atoms with Crippen LogP contribution in [0.1, 0.15) is 49.5 Å². The van der Waals surface area contributed by atoms with Gasteiger partial charge in [-0.25, -0.2) is 0 Å². The molecule has 2 rings (SSSR count). The second-order valence-electron chi connectivity index (χ2n) is 6.77. The van der Waals surface area contributed by atoms with Crippen LogP contribution in [0.25, 0.3) is 0 Å². The third-order valence-corrected chi connectivity index (χ3v) is 3.94. The second-order valence-corrected chi connectivity index (χ2v) is 7.18. The third-order valence-electron chi connectivity index (χ3n) is 3.63. The number of carbonyl (C=O) groups excluding carboxylic acids is 1. The van der Waals surface area contributed by atoms with E-state index in [1.807, 2.05) is 20.8 Å². The number of fused-ring (bicyclic) bond motifs is 1. The Balaban J connectivity index is 2.02. The van der Waals surface area contributed by atoms with Gasteiger partial charge in [-0.2, -0.15) is 0 Å². The molecule has 1 atom stereocenters. The molecule has 0 aliphatic heterocycles. The number of carbonyl (C=O) groups is 1. The van der Waals surface area contributed by atoms with Crippen LogP contribution in [0.2, 0.25) is 5.02 Å². The summed E-state index contributed by atoms with van der Waals surface area (Å²) in [6.45, 7) is 6.77. The highest BCUT2D eigenvalue weighted by Gasteiger charge is 2.24. The standard InChI is InChI=1S/C17H24ClNO3/c1-17(2,3)19-9-11(20)10-22-15-8-7-13(18)16-12(15)5-4-6-14(16)21/h7-8,11,19-20H,4-6,9-10H2,1-3H3/t11-/m1/s1. The fourth-order valence-corrected chi connectivity index (χ4v) is 2.79. The van der Waals surface area contributed by atoms with E-state index in [9.17, 15) is 9.90 Å². The van der Waals surface area contributed by atoms with Gasteiger partial charge in [0.15, 0.2) is 5.78 Å². The monoisotopic (exact) mass is 325 g/mol. The zero-order valence-corrected chi connectivity index (χ0v) is 14.2. The quantitative estimate of drug-likeness (QED) is 0.873. The first-order chi connectivity index (χ1) is 10.3. The van der Waals surface area contributed by atoms with E-state index in [1.54, 1.807) is 12.1 Å². The molecule has 0 saturated carbocycles. The molecule has 0 aromatic heterocycles. The minimum absolute atomic E-state index is 0.0488. The predicted octanol–water partition coefficient (Wildman–Crippen LogP) is 2.99. The van der Waals surface area contributed by atoms with Crippen LogP contribution in [0.3, 0.4) is 0 Å². The number of hydrogen-bond donors (Lipinski definition) is 2. The zero-order valence-electron chi connectivity index (χ0n) is 13.4. The number of rotatable bonds is 5. The number of aliphatic hydroxyl groups is 1. The first-order valence-corrected chi connectivity index (χ1v) is 8.06. The maximum absolute atomic E-state index is 12.0. The molecule has 1 aliphatic rings. The number of aliphatic hydroxyl groups excluding tert-OH is 1. The van der Waals surface area contributed by atoms with Crippen LogP contribution in [0.15, 0.2) is 12.1 Å². The Labute approximate surface area is 136 Å². The number of hydrogen-bond acceptors (Lipinski definition) is 4. The van der Waals surface area contributed by atoms with E-state index in [0.717, 1.165) is 18.4 Å². The van der Waals surface area contributed by atoms with E-state index in [0.29, 0.717) is 29.3 Å². The van der Waals surface area contributed by atoms with Crippen LogP contribution in [0.4, 0.5) is 0 Å². The molecule has 1 aromatic rings. The Morgan fingerprint density at radius 1 is 1.36 bits per heavy atom. The van der Waals surface area contributed by atoms with Crippen LogP contribution < -0.4 is 10.1 Å². The summed E-state index contributed by atoms with van der Waals surface area (Å²) in [6.07, 6.45) is 1.53. The lowest BCUT2D eigenvalue weighted by molar-refractivity contribution is 0.0957. The van der Waals surface area contributed by atoms with Crippen molar-refractivity contribution in [2.75, 3.05) is 13.2 Å². The van der Waals surface area contributed by atoms with Gasteiger partial charge in [0.2, 0.25) is 0 Å². The molecule has 122 valence electrons. The van der Waals surface area contributed by atoms with Gasteiger partial charge in [-0.05, 0) is 45.7 Å². The fourth-order valence-electron chi connectivity index (χ4n) is 2.50. The number of halogens is 1. The topological polar surface area (TPSA) is 58.6 Å². The zero-order chi connectivity index (χ0) is 16.3. The molecule has 0 bridgehead atoms. The fraction of sp³-hybridized carbons (Fsp3) is 0.588. The van der Waals surface area contributed by atoms with Crippen molar-refractivity contribution in [1.82, 2.24) is 5.32 Å². The van der Waals surface area contributed by atoms with Gasteiger partial charge in [0, 0.05) is 29.6 Å². The molecule has 0 radical (unpaired) electrons. The molecule has 22 heavy (non-hydrogen) atoms. The van der Waals surface area contributed by atoms with Crippen molar-refractivity contribution in [1.29, 1.82) is 0 Å². The smallest absolute Gasteiger partial charge is 0.164 e. The molecule has 0 unspecified atom stereocenters. The van der Waals surface area contributed by atoms with E-state index in [2.05, 4.69) is 5.32 Å². The van der Waals surface area contributed by atoms with Crippen molar-refractivity contribution in [3.8, 4) is 5.75 Å². The highest BCUT2D eigenvalue weighted by atomic mass is 35.5. The Bertz CT molecular complexity index is 552. The molecular formula is C17H24ClNO3. The number of nitrogens with one attached hydrogen (secondary N) is 1. The van der Waals surface area contributed by atoms with E-state index >= 15 is 0 Å². The number of ketones is 1. The van der Waals surface area contributed by atoms with E-state index < -0.39 is 6.10 Å². The minimum Gasteiger partial charge on any atom is -0.491 e. The van der Waals surface area contributed by atoms with Crippen molar-refractivity contribution in [2.24, 2.45) is 0 Å². The van der Waals surface area contributed by atoms with Gasteiger partial charge in [-0.3, -0.25) is 4.79 Å². The number of benzene rings is 1. The van der Waals surface area contributed by atoms with E-state index in [-0.39, 0.29) is 17.9 Å². The lowest BCUT2D eigenvalue weighted by atomic mass is 9.90. The van der Waals surface area contributed by atoms with Crippen molar-refractivity contribution in [3.63, 3.8) is 0 Å². The van der Waals surface area contributed by atoms with Crippen LogP contribution in [-0.4, -0.2) is 35.7 Å². The Kier molecular flexibility index (Phi) is 5.48. The molecule has 1 aliphatic carbocycles. The van der Waals surface area contributed by atoms with E-state index in [1.165, 1.54) is 0 Å². The van der Waals surface area contributed by atoms with Gasteiger partial charge in [-0.1, -0.05) is 11.6 Å². The molecule has 0 heterocycles. The molecular weight excluding hydrogens is 302 g/mol. The average molecular weight is 326 g/mol. The maximum Gasteiger partial charge on any atom is 0.164 e. The molecule has 0 amide bonds. The maximum atomic E-state index is 12.0. The Morgan fingerprint density at radius 2 is 2.09 bits per heavy atom. The minimum atomic E-state index is -0.607. The number of β-amino-alcohol motifs (C(OH)–C–C–N with tert-alkyl or cyclic N) is 1. The van der Waals surface area contributed by atoms with Gasteiger partial charge < -0.3 is 15.2 Å². The van der Waals surface area contributed by atoms with Gasteiger partial charge in [-0.15, -0.1) is 0 Å². The van der Waals surface area contributed by atoms with Crippen LogP contribution in [0, 0.1) is 0 Å². The van der Waals surface area contributed by atoms with Crippen molar-refractivity contribution >= 4 is 17.4 Å². The lowest BCUT2D eigenvalue weighted by Crippen LogP contribution is -2.42. The highest BCUT2D eigenvalue weighted by Crippen LogP contribution is 2.34. The van der Waals surface area contributed by atoms with Gasteiger partial charge in [0.1, 0.15) is 18.5 Å². The molecule has 2 N–H and O–H groups in total. The van der Waals surface area contributed by atoms with Gasteiger partial charge in [0.25, 0.3) is 0 Å². The molecule has 0 fully saturated rings. The summed E-state index contributed by atoms with van der Waals surface area (Å²) in [4.78, 5) is 12.0. The molecule has 0 spiro atoms. The number of ether oxygens (including phenoxy) is 1. The molecule has 0 saturated heterocycles. The summed E-state index contributed by atoms with van der Waals surface area (Å²) in [6, 6.07) is 3.47. The van der Waals surface area contributed by atoms with Gasteiger partial charge in [0.05, 0.1) is 5.02 Å². The Hall–Kier alpha value is -1.10. The molecule has 1 aromatic carbocycles. The SMILES string of the molecule is CC(C)(C)NC[C@@H](O)COc1ccc(Cl)c2c1CCCC2=O. The lowest BCUT2D eigenvalue weighted by Gasteiger charge is -2.24. The Morgan fingerprint density at radius 3 is 2.77 bits per heavy atom. The summed E-state index contributed by atoms with van der Waals surface area (Å²) in [5.74, 6) is 0.730. The van der Waals surface area contributed by atoms with E-state index in [4.69, 9.17) is 16.3 Å². The van der Waals surface area contributed by atoms with Gasteiger partial charge >= 0.3 is 0 Å². The first-order valence-electron chi connectivity index (χ1n) is 7.68. The highest BCUT2D eigenvalue weighted by molar-refractivity contribution is 6.34. The molecule has 5 heteroatoms. The summed E-state index contributed by atoms with van der Waals surface area (Å²) in [7, 11) is 0. The van der Waals surface area contributed by atoms with Crippen LogP contribution in [0.5, 0.6) is 5.75 Å². The molecule has 4 nitrogen and oxygen atoms in total.